The molecular formula is C17H27BrClN3O. The summed E-state index contributed by atoms with van der Waals surface area (Å²) in [6.07, 6.45) is 1.22. The van der Waals surface area contributed by atoms with Gasteiger partial charge in [0.1, 0.15) is 0 Å². The molecular weight excluding hydrogens is 378 g/mol. The summed E-state index contributed by atoms with van der Waals surface area (Å²) in [5.74, 6) is 0.641. The molecule has 2 heterocycles. The van der Waals surface area contributed by atoms with E-state index in [4.69, 9.17) is 10.5 Å². The van der Waals surface area contributed by atoms with E-state index in [1.54, 1.807) is 0 Å². The molecule has 2 atom stereocenters. The standard InChI is InChI=1S/C17H26BrN3O.ClH/c1-13(19)14-4-5-20(11-14)12-15-2-3-16(18)10-17(15)21-6-8-22-9-7-21;/h2-3,10,13-14H,4-9,11-12,19H2,1H3;1H. The number of nitrogens with zero attached hydrogens (tertiary/aromatic N) is 2. The van der Waals surface area contributed by atoms with Crippen molar-refractivity contribution >= 4 is 34.0 Å². The lowest BCUT2D eigenvalue weighted by Gasteiger charge is -2.31. The smallest absolute Gasteiger partial charge is 0.0642 e. The number of rotatable bonds is 4. The van der Waals surface area contributed by atoms with Crippen LogP contribution < -0.4 is 10.6 Å². The minimum absolute atomic E-state index is 0. The Labute approximate surface area is 153 Å². The van der Waals surface area contributed by atoms with Crippen LogP contribution in [0.25, 0.3) is 0 Å². The van der Waals surface area contributed by atoms with Gasteiger partial charge in [0.2, 0.25) is 0 Å². The first kappa shape index (κ1) is 19.0. The van der Waals surface area contributed by atoms with Crippen molar-refractivity contribution in [3.8, 4) is 0 Å². The number of morpholine rings is 1. The van der Waals surface area contributed by atoms with Gasteiger partial charge in [-0.2, -0.15) is 0 Å². The Morgan fingerprint density at radius 2 is 2.04 bits per heavy atom. The Hall–Kier alpha value is -0.330. The van der Waals surface area contributed by atoms with Gasteiger partial charge < -0.3 is 15.4 Å². The van der Waals surface area contributed by atoms with Gasteiger partial charge in [-0.1, -0.05) is 22.0 Å². The first-order valence-corrected chi connectivity index (χ1v) is 9.02. The second-order valence-electron chi connectivity index (χ2n) is 6.52. The molecule has 3 rings (SSSR count). The topological polar surface area (TPSA) is 41.7 Å². The zero-order valence-corrected chi connectivity index (χ0v) is 16.1. The van der Waals surface area contributed by atoms with Crippen molar-refractivity contribution in [3.05, 3.63) is 28.2 Å². The zero-order valence-electron chi connectivity index (χ0n) is 13.7. The van der Waals surface area contributed by atoms with Crippen LogP contribution in [-0.4, -0.2) is 50.3 Å². The minimum atomic E-state index is 0. The van der Waals surface area contributed by atoms with Gasteiger partial charge in [0.15, 0.2) is 0 Å². The molecule has 4 nitrogen and oxygen atoms in total. The fourth-order valence-electron chi connectivity index (χ4n) is 3.45. The molecule has 2 aliphatic heterocycles. The molecule has 1 aromatic carbocycles. The number of hydrogen-bond donors (Lipinski definition) is 1. The number of benzene rings is 1. The van der Waals surface area contributed by atoms with Crippen LogP contribution in [0.4, 0.5) is 5.69 Å². The van der Waals surface area contributed by atoms with Crippen molar-refractivity contribution in [1.29, 1.82) is 0 Å². The normalized spacial score (nSPS) is 23.6. The molecule has 2 fully saturated rings. The SMILES string of the molecule is CC(N)C1CCN(Cc2ccc(Br)cc2N2CCOCC2)C1.Cl. The summed E-state index contributed by atoms with van der Waals surface area (Å²) >= 11 is 3.62. The van der Waals surface area contributed by atoms with Gasteiger partial charge in [-0.05, 0) is 43.5 Å². The first-order valence-electron chi connectivity index (χ1n) is 8.22. The van der Waals surface area contributed by atoms with Gasteiger partial charge >= 0.3 is 0 Å². The molecule has 0 radical (unpaired) electrons. The van der Waals surface area contributed by atoms with Crippen molar-refractivity contribution in [2.75, 3.05) is 44.3 Å². The first-order chi connectivity index (χ1) is 10.6. The summed E-state index contributed by atoms with van der Waals surface area (Å²) < 4.78 is 6.63. The number of nitrogens with two attached hydrogens (primary N) is 1. The van der Waals surface area contributed by atoms with Gasteiger partial charge in [0, 0.05) is 42.4 Å². The number of halogens is 2. The molecule has 0 spiro atoms. The van der Waals surface area contributed by atoms with Crippen LogP contribution in [0.15, 0.2) is 22.7 Å². The van der Waals surface area contributed by atoms with E-state index in [0.717, 1.165) is 50.4 Å². The fraction of sp³-hybridized carbons (Fsp3) is 0.647. The second-order valence-corrected chi connectivity index (χ2v) is 7.43. The van der Waals surface area contributed by atoms with Crippen molar-refractivity contribution in [3.63, 3.8) is 0 Å². The van der Waals surface area contributed by atoms with Crippen LogP contribution >= 0.6 is 28.3 Å². The largest absolute Gasteiger partial charge is 0.378 e. The zero-order chi connectivity index (χ0) is 15.5. The summed E-state index contributed by atoms with van der Waals surface area (Å²) in [5, 5.41) is 0. The van der Waals surface area contributed by atoms with Gasteiger partial charge in [-0.25, -0.2) is 0 Å². The highest BCUT2D eigenvalue weighted by Gasteiger charge is 2.26. The molecule has 0 amide bonds. The molecule has 0 aliphatic carbocycles. The Balaban J connectivity index is 0.00000192. The van der Waals surface area contributed by atoms with Gasteiger partial charge in [-0.15, -0.1) is 12.4 Å². The van der Waals surface area contributed by atoms with E-state index in [9.17, 15) is 0 Å². The average molecular weight is 405 g/mol. The molecule has 2 saturated heterocycles. The lowest BCUT2D eigenvalue weighted by atomic mass is 10.0. The predicted octanol–water partition coefficient (Wildman–Crippen LogP) is 2.88. The number of anilines is 1. The lowest BCUT2D eigenvalue weighted by molar-refractivity contribution is 0.122. The predicted molar refractivity (Wildman–Crippen MR) is 101 cm³/mol. The number of hydrogen-bond acceptors (Lipinski definition) is 4. The molecule has 2 N–H and O–H groups in total. The number of ether oxygens (including phenoxy) is 1. The van der Waals surface area contributed by atoms with Crippen molar-refractivity contribution in [1.82, 2.24) is 4.90 Å². The third-order valence-corrected chi connectivity index (χ3v) is 5.34. The third-order valence-electron chi connectivity index (χ3n) is 4.85. The van der Waals surface area contributed by atoms with Crippen LogP contribution in [0.5, 0.6) is 0 Å². The lowest BCUT2D eigenvalue weighted by Crippen LogP contribution is -2.37. The maximum absolute atomic E-state index is 6.06. The monoisotopic (exact) mass is 403 g/mol. The molecule has 1 aromatic rings. The maximum atomic E-state index is 6.06. The molecule has 0 saturated carbocycles. The van der Waals surface area contributed by atoms with Gasteiger partial charge in [0.25, 0.3) is 0 Å². The molecule has 6 heteroatoms. The van der Waals surface area contributed by atoms with Crippen LogP contribution in [0.1, 0.15) is 18.9 Å². The summed E-state index contributed by atoms with van der Waals surface area (Å²) in [6.45, 7) is 9.03. The molecule has 23 heavy (non-hydrogen) atoms. The highest BCUT2D eigenvalue weighted by atomic mass is 79.9. The minimum Gasteiger partial charge on any atom is -0.378 e. The van der Waals surface area contributed by atoms with Crippen LogP contribution in [-0.2, 0) is 11.3 Å². The Morgan fingerprint density at radius 1 is 1.30 bits per heavy atom. The Morgan fingerprint density at radius 3 is 2.70 bits per heavy atom. The highest BCUT2D eigenvalue weighted by Crippen LogP contribution is 2.29. The highest BCUT2D eigenvalue weighted by molar-refractivity contribution is 9.10. The molecule has 0 aromatic heterocycles. The molecule has 2 unspecified atom stereocenters. The number of likely N-dealkylation sites (tertiary alicyclic amines) is 1. The Kier molecular flexibility index (Phi) is 7.17. The van der Waals surface area contributed by atoms with E-state index in [2.05, 4.69) is 50.9 Å². The van der Waals surface area contributed by atoms with Crippen molar-refractivity contribution < 1.29 is 4.74 Å². The average Bonchev–Trinajstić information content (AvgIpc) is 2.99. The van der Waals surface area contributed by atoms with E-state index in [1.165, 1.54) is 17.7 Å². The van der Waals surface area contributed by atoms with E-state index in [-0.39, 0.29) is 12.4 Å². The quantitative estimate of drug-likeness (QED) is 0.838. The van der Waals surface area contributed by atoms with Gasteiger partial charge in [-0.3, -0.25) is 4.90 Å². The van der Waals surface area contributed by atoms with E-state index in [0.29, 0.717) is 12.0 Å². The Bertz CT molecular complexity index is 509. The van der Waals surface area contributed by atoms with E-state index >= 15 is 0 Å². The molecule has 2 aliphatic rings. The van der Waals surface area contributed by atoms with E-state index in [1.807, 2.05) is 0 Å². The second kappa shape index (κ2) is 8.67. The van der Waals surface area contributed by atoms with Gasteiger partial charge in [0.05, 0.1) is 13.2 Å². The third kappa shape index (κ3) is 4.83. The molecule has 0 bridgehead atoms. The summed E-state index contributed by atoms with van der Waals surface area (Å²) in [6, 6.07) is 6.96. The maximum Gasteiger partial charge on any atom is 0.0642 e. The molecule has 130 valence electrons. The summed E-state index contributed by atoms with van der Waals surface area (Å²) in [7, 11) is 0. The van der Waals surface area contributed by atoms with Crippen LogP contribution in [0.3, 0.4) is 0 Å². The summed E-state index contributed by atoms with van der Waals surface area (Å²) in [5.41, 5.74) is 8.83. The fourth-order valence-corrected chi connectivity index (χ4v) is 3.79. The van der Waals surface area contributed by atoms with Crippen LogP contribution in [0.2, 0.25) is 0 Å². The van der Waals surface area contributed by atoms with Crippen molar-refractivity contribution in [2.45, 2.75) is 25.9 Å². The van der Waals surface area contributed by atoms with Crippen molar-refractivity contribution in [2.24, 2.45) is 11.7 Å². The van der Waals surface area contributed by atoms with Crippen LogP contribution in [0, 0.1) is 5.92 Å². The summed E-state index contributed by atoms with van der Waals surface area (Å²) in [4.78, 5) is 4.99. The van der Waals surface area contributed by atoms with E-state index < -0.39 is 0 Å².